The molecule has 0 saturated carbocycles. The summed E-state index contributed by atoms with van der Waals surface area (Å²) in [6.07, 6.45) is 1.42. The molecule has 0 aliphatic carbocycles. The van der Waals surface area contributed by atoms with E-state index in [-0.39, 0.29) is 13.2 Å². The Balaban J connectivity index is 0.931. The summed E-state index contributed by atoms with van der Waals surface area (Å²) in [6.45, 7) is 0.318. The molecule has 71 heavy (non-hydrogen) atoms. The van der Waals surface area contributed by atoms with Crippen molar-refractivity contribution >= 4 is 11.2 Å². The van der Waals surface area contributed by atoms with Gasteiger partial charge in [0.25, 0.3) is 0 Å². The van der Waals surface area contributed by atoms with E-state index in [0.717, 1.165) is 67.5 Å². The molecular formula is C59H54N4O8. The molecule has 1 aliphatic heterocycles. The largest absolute Gasteiger partial charge is 0.497 e. The molecular weight excluding hydrogens is 893 g/mol. The summed E-state index contributed by atoms with van der Waals surface area (Å²) >= 11 is 0. The number of imidazole rings is 1. The Kier molecular flexibility index (Phi) is 13.6. The van der Waals surface area contributed by atoms with E-state index in [9.17, 15) is 5.11 Å². The molecule has 0 amide bonds. The summed E-state index contributed by atoms with van der Waals surface area (Å²) in [5.74, 6) is 2.94. The Morgan fingerprint density at radius 2 is 1.00 bits per heavy atom. The maximum absolute atomic E-state index is 11.7. The van der Waals surface area contributed by atoms with Gasteiger partial charge in [-0.25, -0.2) is 15.0 Å². The number of hydrogen-bond donors (Lipinski definition) is 1. The quantitative estimate of drug-likeness (QED) is 0.0826. The zero-order chi connectivity index (χ0) is 48.8. The van der Waals surface area contributed by atoms with Crippen LogP contribution in [-0.2, 0) is 32.0 Å². The summed E-state index contributed by atoms with van der Waals surface area (Å²) in [5.41, 5.74) is 7.02. The average molecular weight is 947 g/mol. The molecule has 1 saturated heterocycles. The molecule has 12 nitrogen and oxygen atoms in total. The van der Waals surface area contributed by atoms with E-state index in [0.29, 0.717) is 23.3 Å². The van der Waals surface area contributed by atoms with Crippen molar-refractivity contribution in [2.75, 3.05) is 35.0 Å². The van der Waals surface area contributed by atoms with Gasteiger partial charge in [0.15, 0.2) is 5.65 Å². The predicted octanol–water partition coefficient (Wildman–Crippen LogP) is 10.7. The first-order valence-corrected chi connectivity index (χ1v) is 23.4. The van der Waals surface area contributed by atoms with Gasteiger partial charge in [0, 0.05) is 12.0 Å². The third-order valence-electron chi connectivity index (χ3n) is 13.3. The first kappa shape index (κ1) is 46.8. The summed E-state index contributed by atoms with van der Waals surface area (Å²) in [7, 11) is 6.61. The highest BCUT2D eigenvalue weighted by molar-refractivity contribution is 5.87. The van der Waals surface area contributed by atoms with Gasteiger partial charge in [0.05, 0.1) is 54.1 Å². The van der Waals surface area contributed by atoms with Gasteiger partial charge in [-0.2, -0.15) is 0 Å². The lowest BCUT2D eigenvalue weighted by Crippen LogP contribution is -2.38. The van der Waals surface area contributed by atoms with Crippen LogP contribution in [0.1, 0.15) is 51.6 Å². The predicted molar refractivity (Wildman–Crippen MR) is 271 cm³/mol. The maximum atomic E-state index is 11.7. The number of benzene rings is 7. The van der Waals surface area contributed by atoms with Gasteiger partial charge in [0.1, 0.15) is 64.1 Å². The summed E-state index contributed by atoms with van der Waals surface area (Å²) in [6, 6.07) is 60.1. The molecule has 7 aromatic carbocycles. The van der Waals surface area contributed by atoms with Crippen LogP contribution in [0, 0.1) is 0 Å². The van der Waals surface area contributed by atoms with Gasteiger partial charge in [-0.05, 0) is 93.5 Å². The van der Waals surface area contributed by atoms with E-state index >= 15 is 0 Å². The van der Waals surface area contributed by atoms with Crippen molar-refractivity contribution in [3.05, 3.63) is 234 Å². The lowest BCUT2D eigenvalue weighted by Gasteiger charge is -2.37. The van der Waals surface area contributed by atoms with Crippen molar-refractivity contribution in [1.29, 1.82) is 0 Å². The number of nitrogens with zero attached hydrogens (tertiary/aromatic N) is 4. The molecule has 3 heterocycles. The van der Waals surface area contributed by atoms with Crippen LogP contribution in [0.2, 0.25) is 0 Å². The third-order valence-corrected chi connectivity index (χ3v) is 13.3. The average Bonchev–Trinajstić information content (AvgIpc) is 4.05. The normalized spacial score (nSPS) is 15.9. The van der Waals surface area contributed by atoms with E-state index in [1.165, 1.54) is 6.33 Å². The van der Waals surface area contributed by atoms with Crippen LogP contribution < -0.4 is 18.9 Å². The molecule has 0 bridgehead atoms. The fraction of sp³-hybridized carbons (Fsp3) is 0.203. The highest BCUT2D eigenvalue weighted by Crippen LogP contribution is 2.45. The fourth-order valence-corrected chi connectivity index (χ4v) is 9.67. The van der Waals surface area contributed by atoms with Crippen LogP contribution >= 0.6 is 0 Å². The van der Waals surface area contributed by atoms with Gasteiger partial charge in [-0.3, -0.25) is 4.57 Å². The van der Waals surface area contributed by atoms with E-state index in [4.69, 9.17) is 48.1 Å². The number of aliphatic hydroxyl groups excluding tert-OH is 1. The minimum Gasteiger partial charge on any atom is -0.497 e. The van der Waals surface area contributed by atoms with Crippen LogP contribution in [0.15, 0.2) is 195 Å². The van der Waals surface area contributed by atoms with Gasteiger partial charge in [0.2, 0.25) is 0 Å². The molecule has 1 N–H and O–H groups in total. The first-order chi connectivity index (χ1) is 34.9. The Morgan fingerprint density at radius 3 is 1.48 bits per heavy atom. The highest BCUT2D eigenvalue weighted by Gasteiger charge is 2.43. The number of fused-ring (bicyclic) bond motifs is 1. The SMILES string of the molecule is COc1ccc(C(OCc2cccc(-c3ncnc4c3ncn4[C@H]3C[C@H](O)[C@@H](COC(c4ccccc4)(c4ccc(OC)cc4)c4ccc(OC)cc4)O3)c2)(c2ccccc2)c2ccc(OC)cc2)cc1. The zero-order valence-corrected chi connectivity index (χ0v) is 39.9. The number of aliphatic hydroxyl groups is 1. The Labute approximate surface area is 413 Å². The van der Waals surface area contributed by atoms with Gasteiger partial charge in [-0.1, -0.05) is 127 Å². The molecule has 12 heteroatoms. The van der Waals surface area contributed by atoms with Crippen LogP contribution in [0.5, 0.6) is 23.0 Å². The number of ether oxygens (including phenoxy) is 7. The van der Waals surface area contributed by atoms with Crippen molar-refractivity contribution in [3.63, 3.8) is 0 Å². The van der Waals surface area contributed by atoms with Gasteiger partial charge >= 0.3 is 0 Å². The second-order valence-corrected chi connectivity index (χ2v) is 17.3. The van der Waals surface area contributed by atoms with E-state index in [1.807, 2.05) is 168 Å². The first-order valence-electron chi connectivity index (χ1n) is 23.4. The molecule has 0 spiro atoms. The smallest absolute Gasteiger partial charge is 0.165 e. The second kappa shape index (κ2) is 20.6. The third kappa shape index (κ3) is 9.10. The van der Waals surface area contributed by atoms with Crippen molar-refractivity contribution in [1.82, 2.24) is 19.5 Å². The van der Waals surface area contributed by atoms with Crippen molar-refractivity contribution in [3.8, 4) is 34.3 Å². The molecule has 10 rings (SSSR count). The van der Waals surface area contributed by atoms with Gasteiger partial charge < -0.3 is 38.3 Å². The minimum atomic E-state index is -1.08. The minimum absolute atomic E-state index is 0.0643. The van der Waals surface area contributed by atoms with Gasteiger partial charge in [-0.15, -0.1) is 0 Å². The Hall–Kier alpha value is -7.87. The summed E-state index contributed by atoms with van der Waals surface area (Å²) in [4.78, 5) is 14.3. The second-order valence-electron chi connectivity index (χ2n) is 17.3. The Morgan fingerprint density at radius 1 is 0.535 bits per heavy atom. The molecule has 358 valence electrons. The lowest BCUT2D eigenvalue weighted by molar-refractivity contribution is -0.0931. The molecule has 1 aliphatic rings. The van der Waals surface area contributed by atoms with Crippen molar-refractivity contribution < 1.29 is 38.3 Å². The Bertz CT molecular complexity index is 3070. The van der Waals surface area contributed by atoms with Crippen molar-refractivity contribution in [2.24, 2.45) is 0 Å². The summed E-state index contributed by atoms with van der Waals surface area (Å²) in [5, 5.41) is 11.7. The van der Waals surface area contributed by atoms with Crippen LogP contribution in [0.4, 0.5) is 0 Å². The van der Waals surface area contributed by atoms with Crippen LogP contribution in [-0.4, -0.2) is 71.9 Å². The van der Waals surface area contributed by atoms with E-state index < -0.39 is 29.6 Å². The molecule has 3 atom stereocenters. The molecule has 0 unspecified atom stereocenters. The van der Waals surface area contributed by atoms with Crippen LogP contribution in [0.3, 0.4) is 0 Å². The summed E-state index contributed by atoms with van der Waals surface area (Å²) < 4.78 is 45.1. The molecule has 1 fully saturated rings. The number of hydrogen-bond acceptors (Lipinski definition) is 11. The number of aromatic nitrogens is 4. The number of methoxy groups -OCH3 is 4. The standard InChI is InChI=1S/C59H54N4O8/c1-65-48-26-18-44(19-27-48)58(42-14-7-5-8-15-42,45-20-28-49(66-2)29-21-45)69-36-40-12-11-13-41(34-40)55-56-57(61-38-60-55)63(39-62-56)54-35-52(64)53(71-54)37-70-59(43-16-9-6-10-17-43,46-22-30-50(67-3)31-23-46)47-24-32-51(68-4)33-25-47/h5-34,38-39,52-54,64H,35-37H2,1-4H3/t52-,53+,54+/m0/s1. The highest BCUT2D eigenvalue weighted by atomic mass is 16.6. The maximum Gasteiger partial charge on any atom is 0.165 e. The zero-order valence-electron chi connectivity index (χ0n) is 39.9. The molecule has 9 aromatic rings. The molecule has 2 aromatic heterocycles. The van der Waals surface area contributed by atoms with E-state index in [1.54, 1.807) is 34.8 Å². The monoisotopic (exact) mass is 946 g/mol. The number of rotatable bonds is 18. The van der Waals surface area contributed by atoms with E-state index in [2.05, 4.69) is 18.2 Å². The van der Waals surface area contributed by atoms with Crippen molar-refractivity contribution in [2.45, 2.75) is 42.7 Å². The lowest BCUT2D eigenvalue weighted by atomic mass is 9.80. The van der Waals surface area contributed by atoms with Crippen LogP contribution in [0.25, 0.3) is 22.4 Å². The fourth-order valence-electron chi connectivity index (χ4n) is 9.67. The molecule has 0 radical (unpaired) electrons. The topological polar surface area (TPSA) is 128 Å².